The lowest BCUT2D eigenvalue weighted by atomic mass is 10.1. The van der Waals surface area contributed by atoms with Gasteiger partial charge in [0.25, 0.3) is 0 Å². The largest absolute Gasteiger partial charge is 0.374 e. The van der Waals surface area contributed by atoms with Gasteiger partial charge in [0.1, 0.15) is 5.82 Å². The van der Waals surface area contributed by atoms with Gasteiger partial charge in [-0.25, -0.2) is 4.98 Å². The summed E-state index contributed by atoms with van der Waals surface area (Å²) in [4.78, 5) is 11.2. The van der Waals surface area contributed by atoms with Crippen molar-refractivity contribution in [1.29, 1.82) is 0 Å². The number of aliphatic imine (C=N–C) groups is 1. The first kappa shape index (κ1) is 21.1. The third-order valence-corrected chi connectivity index (χ3v) is 5.17. The Bertz CT molecular complexity index is 742. The fourth-order valence-corrected chi connectivity index (χ4v) is 3.42. The quantitative estimate of drug-likeness (QED) is 0.386. The lowest BCUT2D eigenvalue weighted by molar-refractivity contribution is 0.0646. The number of benzene rings is 1. The van der Waals surface area contributed by atoms with E-state index in [4.69, 9.17) is 4.74 Å². The van der Waals surface area contributed by atoms with Crippen molar-refractivity contribution < 1.29 is 4.74 Å². The van der Waals surface area contributed by atoms with Crippen LogP contribution in [0, 0.1) is 0 Å². The number of aromatic nitrogens is 1. The first-order valence-electron chi connectivity index (χ1n) is 10.6. The predicted octanol–water partition coefficient (Wildman–Crippen LogP) is 3.51. The van der Waals surface area contributed by atoms with Gasteiger partial charge < -0.3 is 20.3 Å². The minimum atomic E-state index is 0.115. The lowest BCUT2D eigenvalue weighted by Crippen LogP contribution is -2.37. The van der Waals surface area contributed by atoms with Crippen LogP contribution in [0.25, 0.3) is 0 Å². The van der Waals surface area contributed by atoms with Gasteiger partial charge in [-0.15, -0.1) is 0 Å². The summed E-state index contributed by atoms with van der Waals surface area (Å²) < 4.78 is 5.91. The van der Waals surface area contributed by atoms with Crippen LogP contribution in [0.5, 0.6) is 0 Å². The predicted molar refractivity (Wildman–Crippen MR) is 119 cm³/mol. The number of nitrogens with zero attached hydrogens (tertiary/aromatic N) is 3. The second-order valence-electron chi connectivity index (χ2n) is 7.35. The van der Waals surface area contributed by atoms with Crippen LogP contribution in [0.3, 0.4) is 0 Å². The highest BCUT2D eigenvalue weighted by atomic mass is 16.5. The van der Waals surface area contributed by atoms with Crippen LogP contribution in [0.2, 0.25) is 0 Å². The van der Waals surface area contributed by atoms with E-state index in [9.17, 15) is 0 Å². The molecule has 0 saturated carbocycles. The number of rotatable bonds is 9. The van der Waals surface area contributed by atoms with Crippen molar-refractivity contribution >= 4 is 11.8 Å². The van der Waals surface area contributed by atoms with Crippen LogP contribution in [-0.2, 0) is 11.3 Å². The maximum atomic E-state index is 5.91. The Kier molecular flexibility index (Phi) is 8.31. The second kappa shape index (κ2) is 11.4. The van der Waals surface area contributed by atoms with E-state index in [-0.39, 0.29) is 6.10 Å². The molecule has 1 fully saturated rings. The zero-order valence-corrected chi connectivity index (χ0v) is 17.6. The van der Waals surface area contributed by atoms with E-state index in [2.05, 4.69) is 56.7 Å². The van der Waals surface area contributed by atoms with Crippen LogP contribution >= 0.6 is 0 Å². The zero-order chi connectivity index (χ0) is 20.3. The molecule has 0 bridgehead atoms. The standard InChI is InChI=1S/C23H33N5O/c1-19(21-9-4-3-5-10-21)29-16-8-13-25-23(24-2)27-18-20-11-12-22(26-17-20)28-14-6-7-15-28/h3-5,9-12,17,19H,6-8,13-16,18H2,1-2H3,(H2,24,25,27). The molecule has 29 heavy (non-hydrogen) atoms. The molecule has 0 amide bonds. The molecule has 1 atom stereocenters. The number of ether oxygens (including phenoxy) is 1. The highest BCUT2D eigenvalue weighted by Crippen LogP contribution is 2.17. The first-order chi connectivity index (χ1) is 14.3. The van der Waals surface area contributed by atoms with E-state index in [0.717, 1.165) is 43.4 Å². The van der Waals surface area contributed by atoms with E-state index in [1.165, 1.54) is 18.4 Å². The van der Waals surface area contributed by atoms with Crippen molar-refractivity contribution in [2.75, 3.05) is 38.2 Å². The number of anilines is 1. The number of pyridine rings is 1. The average molecular weight is 396 g/mol. The van der Waals surface area contributed by atoms with E-state index in [1.807, 2.05) is 24.4 Å². The summed E-state index contributed by atoms with van der Waals surface area (Å²) in [5.74, 6) is 1.88. The van der Waals surface area contributed by atoms with Gasteiger partial charge in [-0.2, -0.15) is 0 Å². The van der Waals surface area contributed by atoms with Crippen molar-refractivity contribution in [2.24, 2.45) is 4.99 Å². The van der Waals surface area contributed by atoms with Gasteiger partial charge in [-0.3, -0.25) is 4.99 Å². The molecular weight excluding hydrogens is 362 g/mol. The van der Waals surface area contributed by atoms with Gasteiger partial charge in [0.05, 0.1) is 6.10 Å². The van der Waals surface area contributed by atoms with Gasteiger partial charge >= 0.3 is 0 Å². The molecule has 1 aliphatic rings. The highest BCUT2D eigenvalue weighted by Gasteiger charge is 2.13. The number of hydrogen-bond acceptors (Lipinski definition) is 4. The summed E-state index contributed by atoms with van der Waals surface area (Å²) in [5, 5.41) is 6.68. The monoisotopic (exact) mass is 395 g/mol. The molecule has 2 heterocycles. The maximum absolute atomic E-state index is 5.91. The third kappa shape index (κ3) is 6.75. The third-order valence-electron chi connectivity index (χ3n) is 5.17. The van der Waals surface area contributed by atoms with Crippen molar-refractivity contribution in [3.05, 3.63) is 59.8 Å². The fourth-order valence-electron chi connectivity index (χ4n) is 3.42. The summed E-state index contributed by atoms with van der Waals surface area (Å²) >= 11 is 0. The summed E-state index contributed by atoms with van der Waals surface area (Å²) in [5.41, 5.74) is 2.36. The molecule has 0 aliphatic carbocycles. The Balaban J connectivity index is 1.32. The first-order valence-corrected chi connectivity index (χ1v) is 10.6. The van der Waals surface area contributed by atoms with E-state index in [0.29, 0.717) is 13.2 Å². The van der Waals surface area contributed by atoms with Crippen molar-refractivity contribution in [3.63, 3.8) is 0 Å². The van der Waals surface area contributed by atoms with Crippen LogP contribution in [0.1, 0.15) is 43.4 Å². The van der Waals surface area contributed by atoms with E-state index in [1.54, 1.807) is 7.05 Å². The molecular formula is C23H33N5O. The Hall–Kier alpha value is -2.60. The van der Waals surface area contributed by atoms with Gasteiger partial charge in [-0.05, 0) is 43.4 Å². The molecule has 6 heteroatoms. The van der Waals surface area contributed by atoms with Gasteiger partial charge in [0.2, 0.25) is 0 Å². The van der Waals surface area contributed by atoms with Crippen molar-refractivity contribution in [2.45, 2.75) is 38.8 Å². The molecule has 2 N–H and O–H groups in total. The maximum Gasteiger partial charge on any atom is 0.191 e. The molecule has 1 aliphatic heterocycles. The second-order valence-corrected chi connectivity index (χ2v) is 7.35. The molecule has 1 unspecified atom stereocenters. The zero-order valence-electron chi connectivity index (χ0n) is 17.6. The average Bonchev–Trinajstić information content (AvgIpc) is 3.31. The van der Waals surface area contributed by atoms with Crippen LogP contribution < -0.4 is 15.5 Å². The van der Waals surface area contributed by atoms with E-state index < -0.39 is 0 Å². The highest BCUT2D eigenvalue weighted by molar-refractivity contribution is 5.79. The Morgan fingerprint density at radius 1 is 1.14 bits per heavy atom. The van der Waals surface area contributed by atoms with Gasteiger partial charge in [0.15, 0.2) is 5.96 Å². The normalized spacial score (nSPS) is 15.4. The summed E-state index contributed by atoms with van der Waals surface area (Å²) in [6.45, 7) is 6.56. The fraction of sp³-hybridized carbons (Fsp3) is 0.478. The van der Waals surface area contributed by atoms with Crippen molar-refractivity contribution in [1.82, 2.24) is 15.6 Å². The Labute approximate surface area is 174 Å². The molecule has 3 rings (SSSR count). The summed E-state index contributed by atoms with van der Waals surface area (Å²) in [6, 6.07) is 14.6. The van der Waals surface area contributed by atoms with Crippen LogP contribution in [-0.4, -0.2) is 44.2 Å². The molecule has 6 nitrogen and oxygen atoms in total. The molecule has 156 valence electrons. The summed E-state index contributed by atoms with van der Waals surface area (Å²) in [6.07, 6.45) is 5.52. The minimum absolute atomic E-state index is 0.115. The van der Waals surface area contributed by atoms with Gasteiger partial charge in [0, 0.05) is 46.0 Å². The molecule has 0 radical (unpaired) electrons. The lowest BCUT2D eigenvalue weighted by Gasteiger charge is -2.17. The van der Waals surface area contributed by atoms with E-state index >= 15 is 0 Å². The topological polar surface area (TPSA) is 61.8 Å². The minimum Gasteiger partial charge on any atom is -0.374 e. The number of nitrogens with one attached hydrogen (secondary N) is 2. The Morgan fingerprint density at radius 3 is 2.62 bits per heavy atom. The SMILES string of the molecule is CN=C(NCCCOC(C)c1ccccc1)NCc1ccc(N2CCCC2)nc1. The molecule has 2 aromatic rings. The van der Waals surface area contributed by atoms with Gasteiger partial charge in [-0.1, -0.05) is 36.4 Å². The Morgan fingerprint density at radius 2 is 1.93 bits per heavy atom. The molecule has 0 spiro atoms. The van der Waals surface area contributed by atoms with Crippen LogP contribution in [0.4, 0.5) is 5.82 Å². The number of hydrogen-bond donors (Lipinski definition) is 2. The summed E-state index contributed by atoms with van der Waals surface area (Å²) in [7, 11) is 1.79. The smallest absolute Gasteiger partial charge is 0.191 e. The molecule has 1 aromatic carbocycles. The number of guanidine groups is 1. The van der Waals surface area contributed by atoms with Crippen LogP contribution in [0.15, 0.2) is 53.7 Å². The molecule has 1 aromatic heterocycles. The van der Waals surface area contributed by atoms with Crippen molar-refractivity contribution in [3.8, 4) is 0 Å². The molecule has 1 saturated heterocycles.